The van der Waals surface area contributed by atoms with E-state index in [0.717, 1.165) is 33.3 Å². The second-order valence-electron chi connectivity index (χ2n) is 8.35. The minimum atomic E-state index is -0.0617. The second-order valence-corrected chi connectivity index (χ2v) is 8.35. The summed E-state index contributed by atoms with van der Waals surface area (Å²) in [5.41, 5.74) is 9.04. The molecule has 5 rings (SSSR count). The molecule has 1 aliphatic rings. The van der Waals surface area contributed by atoms with Crippen molar-refractivity contribution in [2.75, 3.05) is 5.32 Å². The summed E-state index contributed by atoms with van der Waals surface area (Å²) < 4.78 is 5.96. The van der Waals surface area contributed by atoms with Gasteiger partial charge < -0.3 is 9.73 Å². The maximum absolute atomic E-state index is 5.96. The molecule has 0 spiro atoms. The van der Waals surface area contributed by atoms with E-state index in [4.69, 9.17) is 4.42 Å². The molecule has 1 aliphatic carbocycles. The summed E-state index contributed by atoms with van der Waals surface area (Å²) in [4.78, 5) is 0. The third kappa shape index (κ3) is 2.72. The van der Waals surface area contributed by atoms with Crippen molar-refractivity contribution in [1.29, 1.82) is 0 Å². The monoisotopic (exact) mass is 391 g/mol. The van der Waals surface area contributed by atoms with Crippen molar-refractivity contribution < 1.29 is 4.42 Å². The van der Waals surface area contributed by atoms with Crippen LogP contribution in [-0.2, 0) is 5.41 Å². The maximum Gasteiger partial charge on any atom is 0.135 e. The number of para-hydroxylation sites is 1. The van der Waals surface area contributed by atoms with Crippen LogP contribution in [0.1, 0.15) is 31.9 Å². The molecule has 30 heavy (non-hydrogen) atoms. The Kier molecular flexibility index (Phi) is 4.18. The summed E-state index contributed by atoms with van der Waals surface area (Å²) in [5, 5.41) is 5.86. The highest BCUT2D eigenvalue weighted by atomic mass is 16.3. The Bertz CT molecular complexity index is 1360. The number of nitrogens with one attached hydrogen (secondary N) is 1. The summed E-state index contributed by atoms with van der Waals surface area (Å²) in [7, 11) is 0. The van der Waals surface area contributed by atoms with E-state index in [0.29, 0.717) is 0 Å². The number of furan rings is 1. The molecule has 0 amide bonds. The molecule has 0 aliphatic heterocycles. The Hall–Kier alpha value is -3.52. The summed E-state index contributed by atoms with van der Waals surface area (Å²) in [6.45, 7) is 10.7. The SMILES string of the molecule is C=CC1=C(/C=C\C)C(C)(C)c2cc(Nc3ccc4oc5ccccc5c4c3)ccc21. The first-order valence-electron chi connectivity index (χ1n) is 10.4. The van der Waals surface area contributed by atoms with Gasteiger partial charge in [0.2, 0.25) is 0 Å². The molecule has 1 aromatic heterocycles. The summed E-state index contributed by atoms with van der Waals surface area (Å²) in [5.74, 6) is 0. The molecule has 0 bridgehead atoms. The number of fused-ring (bicyclic) bond motifs is 4. The molecule has 0 radical (unpaired) electrons. The van der Waals surface area contributed by atoms with Crippen molar-refractivity contribution in [3.8, 4) is 0 Å². The summed E-state index contributed by atoms with van der Waals surface area (Å²) >= 11 is 0. The van der Waals surface area contributed by atoms with Gasteiger partial charge in [-0.2, -0.15) is 0 Å². The lowest BCUT2D eigenvalue weighted by Gasteiger charge is -2.23. The Morgan fingerprint density at radius 3 is 2.43 bits per heavy atom. The fourth-order valence-electron chi connectivity index (χ4n) is 4.66. The molecule has 0 unspecified atom stereocenters. The van der Waals surface area contributed by atoms with E-state index in [-0.39, 0.29) is 5.41 Å². The number of hydrogen-bond donors (Lipinski definition) is 1. The highest BCUT2D eigenvalue weighted by molar-refractivity contribution is 6.06. The third-order valence-corrected chi connectivity index (χ3v) is 6.15. The molecule has 1 heterocycles. The zero-order chi connectivity index (χ0) is 20.9. The van der Waals surface area contributed by atoms with Gasteiger partial charge >= 0.3 is 0 Å². The quantitative estimate of drug-likeness (QED) is 0.380. The van der Waals surface area contributed by atoms with Crippen LogP contribution in [0.25, 0.3) is 27.5 Å². The Morgan fingerprint density at radius 1 is 0.900 bits per heavy atom. The molecule has 0 saturated heterocycles. The van der Waals surface area contributed by atoms with Gasteiger partial charge in [0.05, 0.1) is 0 Å². The van der Waals surface area contributed by atoms with E-state index in [1.807, 2.05) is 30.3 Å². The second kappa shape index (κ2) is 6.77. The Morgan fingerprint density at radius 2 is 1.63 bits per heavy atom. The largest absolute Gasteiger partial charge is 0.456 e. The first kappa shape index (κ1) is 18.5. The van der Waals surface area contributed by atoms with Crippen LogP contribution in [0.3, 0.4) is 0 Å². The van der Waals surface area contributed by atoms with Crippen molar-refractivity contribution in [1.82, 2.24) is 0 Å². The van der Waals surface area contributed by atoms with Crippen molar-refractivity contribution >= 4 is 38.9 Å². The average Bonchev–Trinajstić information content (AvgIpc) is 3.21. The predicted octanol–water partition coefficient (Wildman–Crippen LogP) is 8.14. The van der Waals surface area contributed by atoms with Crippen molar-refractivity contribution in [3.63, 3.8) is 0 Å². The van der Waals surface area contributed by atoms with E-state index < -0.39 is 0 Å². The van der Waals surface area contributed by atoms with Crippen LogP contribution in [0.2, 0.25) is 0 Å². The van der Waals surface area contributed by atoms with Gasteiger partial charge in [-0.1, -0.05) is 62.9 Å². The first-order chi connectivity index (χ1) is 14.5. The molecule has 1 N–H and O–H groups in total. The van der Waals surface area contributed by atoms with Crippen LogP contribution < -0.4 is 5.32 Å². The van der Waals surface area contributed by atoms with Crippen LogP contribution in [0.5, 0.6) is 0 Å². The molecule has 0 fully saturated rings. The van der Waals surface area contributed by atoms with Crippen molar-refractivity contribution in [2.45, 2.75) is 26.2 Å². The number of allylic oxidation sites excluding steroid dienone is 5. The van der Waals surface area contributed by atoms with Gasteiger partial charge in [-0.3, -0.25) is 0 Å². The molecule has 0 saturated carbocycles. The van der Waals surface area contributed by atoms with E-state index in [1.165, 1.54) is 22.3 Å². The van der Waals surface area contributed by atoms with Gasteiger partial charge in [0.25, 0.3) is 0 Å². The van der Waals surface area contributed by atoms with E-state index in [2.05, 4.69) is 81.2 Å². The van der Waals surface area contributed by atoms with Crippen LogP contribution in [0.15, 0.2) is 95.5 Å². The standard InChI is InChI=1S/C28H25NO/c1-5-9-24-20(6-2)21-14-12-19(17-25(21)28(24,3)4)29-18-13-15-27-23(16-18)22-10-7-8-11-26(22)30-27/h5-17,29H,2H2,1,3-4H3/b9-5-. The normalized spacial score (nSPS) is 15.3. The fourth-order valence-corrected chi connectivity index (χ4v) is 4.66. The topological polar surface area (TPSA) is 25.2 Å². The zero-order valence-electron chi connectivity index (χ0n) is 17.6. The average molecular weight is 392 g/mol. The van der Waals surface area contributed by atoms with E-state index in [9.17, 15) is 0 Å². The van der Waals surface area contributed by atoms with Crippen LogP contribution in [-0.4, -0.2) is 0 Å². The smallest absolute Gasteiger partial charge is 0.135 e. The molecular weight excluding hydrogens is 366 g/mol. The molecule has 2 nitrogen and oxygen atoms in total. The predicted molar refractivity (Wildman–Crippen MR) is 128 cm³/mol. The summed E-state index contributed by atoms with van der Waals surface area (Å²) in [6, 6.07) is 21.1. The Labute approximate surface area is 177 Å². The number of rotatable bonds is 4. The first-order valence-corrected chi connectivity index (χ1v) is 10.4. The number of anilines is 2. The highest BCUT2D eigenvalue weighted by Gasteiger charge is 2.35. The van der Waals surface area contributed by atoms with Gasteiger partial charge in [0, 0.05) is 27.6 Å². The third-order valence-electron chi connectivity index (χ3n) is 6.15. The van der Waals surface area contributed by atoms with Gasteiger partial charge in [-0.25, -0.2) is 0 Å². The fraction of sp³-hybridized carbons (Fsp3) is 0.143. The molecule has 3 aromatic carbocycles. The van der Waals surface area contributed by atoms with E-state index >= 15 is 0 Å². The molecular formula is C28H25NO. The number of benzene rings is 3. The molecule has 0 atom stereocenters. The lowest BCUT2D eigenvalue weighted by atomic mass is 9.81. The lowest BCUT2D eigenvalue weighted by molar-refractivity contribution is 0.654. The maximum atomic E-state index is 5.96. The van der Waals surface area contributed by atoms with Crippen LogP contribution >= 0.6 is 0 Å². The lowest BCUT2D eigenvalue weighted by Crippen LogP contribution is -2.16. The minimum Gasteiger partial charge on any atom is -0.456 e. The van der Waals surface area contributed by atoms with Crippen LogP contribution in [0.4, 0.5) is 11.4 Å². The van der Waals surface area contributed by atoms with Crippen LogP contribution in [0, 0.1) is 0 Å². The minimum absolute atomic E-state index is 0.0617. The number of hydrogen-bond acceptors (Lipinski definition) is 2. The zero-order valence-corrected chi connectivity index (χ0v) is 17.6. The van der Waals surface area contributed by atoms with Gasteiger partial charge in [-0.05, 0) is 65.6 Å². The van der Waals surface area contributed by atoms with Gasteiger partial charge in [0.15, 0.2) is 0 Å². The summed E-state index contributed by atoms with van der Waals surface area (Å²) in [6.07, 6.45) is 6.30. The molecule has 4 aromatic rings. The van der Waals surface area contributed by atoms with Crippen molar-refractivity contribution in [2.24, 2.45) is 0 Å². The molecule has 2 heteroatoms. The van der Waals surface area contributed by atoms with Crippen molar-refractivity contribution in [3.05, 3.63) is 102 Å². The van der Waals surface area contributed by atoms with Gasteiger partial charge in [0.1, 0.15) is 11.2 Å². The van der Waals surface area contributed by atoms with Gasteiger partial charge in [-0.15, -0.1) is 0 Å². The highest BCUT2D eigenvalue weighted by Crippen LogP contribution is 2.48. The molecule has 148 valence electrons. The van der Waals surface area contributed by atoms with E-state index in [1.54, 1.807) is 0 Å². The Balaban J connectivity index is 1.55.